The summed E-state index contributed by atoms with van der Waals surface area (Å²) in [7, 11) is 1.66. The molecule has 1 heterocycles. The summed E-state index contributed by atoms with van der Waals surface area (Å²) in [6.07, 6.45) is -3.98. The highest BCUT2D eigenvalue weighted by atomic mass is 127. The van der Waals surface area contributed by atoms with E-state index in [1.165, 1.54) is 12.1 Å². The third kappa shape index (κ3) is 6.73. The Balaban J connectivity index is 0.00000300. The van der Waals surface area contributed by atoms with Crippen LogP contribution in [0.15, 0.2) is 34.6 Å². The minimum Gasteiger partial charge on any atom is -0.405 e. The van der Waals surface area contributed by atoms with E-state index in [9.17, 15) is 13.2 Å². The molecule has 5 nitrogen and oxygen atoms in total. The molecule has 1 aliphatic rings. The van der Waals surface area contributed by atoms with Crippen LogP contribution in [0.1, 0.15) is 48.4 Å². The Kier molecular flexibility index (Phi) is 8.15. The highest BCUT2D eigenvalue weighted by Crippen LogP contribution is 2.45. The lowest BCUT2D eigenvalue weighted by Crippen LogP contribution is -2.38. The van der Waals surface area contributed by atoms with Crippen LogP contribution in [0.3, 0.4) is 0 Å². The predicted molar refractivity (Wildman–Crippen MR) is 119 cm³/mol. The standard InChI is InChI=1S/C19H23F3N4OS.HI/c1-11(2)15-10-28-17(25-15)9-24-18(23-3)26-14-8-13(14)12-6-4-5-7-16(12)27-19(20,21)22;/h4-7,10-11,13-14H,8-9H2,1-3H3,(H2,23,24,26);1H. The zero-order valence-electron chi connectivity index (χ0n) is 16.3. The van der Waals surface area contributed by atoms with Gasteiger partial charge in [0.05, 0.1) is 12.2 Å². The van der Waals surface area contributed by atoms with E-state index in [4.69, 9.17) is 0 Å². The molecule has 29 heavy (non-hydrogen) atoms. The molecule has 1 aromatic carbocycles. The first-order chi connectivity index (χ1) is 13.3. The van der Waals surface area contributed by atoms with Crippen molar-refractivity contribution in [2.75, 3.05) is 7.05 Å². The lowest BCUT2D eigenvalue weighted by molar-refractivity contribution is -0.274. The number of aliphatic imine (C=N–C) groups is 1. The van der Waals surface area contributed by atoms with Gasteiger partial charge in [0.15, 0.2) is 5.96 Å². The Hall–Kier alpha value is -1.56. The van der Waals surface area contributed by atoms with Crippen molar-refractivity contribution in [1.29, 1.82) is 0 Å². The van der Waals surface area contributed by atoms with Crippen LogP contribution in [-0.4, -0.2) is 30.4 Å². The van der Waals surface area contributed by atoms with Gasteiger partial charge in [0.25, 0.3) is 0 Å². The van der Waals surface area contributed by atoms with E-state index >= 15 is 0 Å². The van der Waals surface area contributed by atoms with Gasteiger partial charge in [-0.2, -0.15) is 0 Å². The van der Waals surface area contributed by atoms with Crippen molar-refractivity contribution in [3.63, 3.8) is 0 Å². The van der Waals surface area contributed by atoms with Crippen molar-refractivity contribution in [2.24, 2.45) is 4.99 Å². The molecule has 1 aliphatic carbocycles. The number of nitrogens with zero attached hydrogens (tertiary/aromatic N) is 2. The van der Waals surface area contributed by atoms with Crippen molar-refractivity contribution in [2.45, 2.75) is 51.1 Å². The van der Waals surface area contributed by atoms with Crippen LogP contribution in [0, 0.1) is 0 Å². The second-order valence-corrected chi connectivity index (χ2v) is 7.87. The van der Waals surface area contributed by atoms with Gasteiger partial charge >= 0.3 is 6.36 Å². The van der Waals surface area contributed by atoms with E-state index in [-0.39, 0.29) is 41.7 Å². The molecular formula is C19H24F3IN4OS. The maximum atomic E-state index is 12.6. The SMILES string of the molecule is CN=C(NCc1nc(C(C)C)cs1)NC1CC1c1ccccc1OC(F)(F)F.I. The molecule has 0 bridgehead atoms. The zero-order valence-corrected chi connectivity index (χ0v) is 19.4. The van der Waals surface area contributed by atoms with Gasteiger partial charge in [-0.15, -0.1) is 48.5 Å². The Bertz CT molecular complexity index is 841. The number of hydrogen-bond acceptors (Lipinski definition) is 4. The molecule has 0 amide bonds. The van der Waals surface area contributed by atoms with Gasteiger partial charge in [-0.25, -0.2) is 4.98 Å². The summed E-state index contributed by atoms with van der Waals surface area (Å²) in [6, 6.07) is 6.28. The van der Waals surface area contributed by atoms with Crippen LogP contribution in [0.25, 0.3) is 0 Å². The number of hydrogen-bond donors (Lipinski definition) is 2. The largest absolute Gasteiger partial charge is 0.573 e. The number of alkyl halides is 3. The Morgan fingerprint density at radius 1 is 1.34 bits per heavy atom. The van der Waals surface area contributed by atoms with Gasteiger partial charge in [0, 0.05) is 24.4 Å². The normalized spacial score (nSPS) is 18.9. The molecular weight excluding hydrogens is 516 g/mol. The maximum absolute atomic E-state index is 12.6. The first-order valence-corrected chi connectivity index (χ1v) is 9.91. The first kappa shape index (κ1) is 23.7. The van der Waals surface area contributed by atoms with E-state index in [2.05, 4.69) is 39.2 Å². The molecule has 2 atom stereocenters. The quantitative estimate of drug-likeness (QED) is 0.308. The molecule has 2 N–H and O–H groups in total. The summed E-state index contributed by atoms with van der Waals surface area (Å²) < 4.78 is 42.0. The van der Waals surface area contributed by atoms with Crippen LogP contribution >= 0.6 is 35.3 Å². The van der Waals surface area contributed by atoms with Gasteiger partial charge in [-0.05, 0) is 24.0 Å². The highest BCUT2D eigenvalue weighted by molar-refractivity contribution is 14.0. The van der Waals surface area contributed by atoms with Gasteiger partial charge in [-0.3, -0.25) is 4.99 Å². The molecule has 2 unspecified atom stereocenters. The monoisotopic (exact) mass is 540 g/mol. The van der Waals surface area contributed by atoms with Crippen molar-refractivity contribution in [1.82, 2.24) is 15.6 Å². The number of thiazole rings is 1. The number of aromatic nitrogens is 1. The summed E-state index contributed by atoms with van der Waals surface area (Å²) in [4.78, 5) is 8.76. The van der Waals surface area contributed by atoms with Gasteiger partial charge < -0.3 is 15.4 Å². The Morgan fingerprint density at radius 2 is 2.07 bits per heavy atom. The summed E-state index contributed by atoms with van der Waals surface area (Å²) in [5.74, 6) is 0.789. The molecule has 10 heteroatoms. The van der Waals surface area contributed by atoms with Gasteiger partial charge in [0.2, 0.25) is 0 Å². The molecule has 0 spiro atoms. The lowest BCUT2D eigenvalue weighted by Gasteiger charge is -2.14. The van der Waals surface area contributed by atoms with E-state index in [1.807, 2.05) is 5.38 Å². The van der Waals surface area contributed by atoms with E-state index in [0.717, 1.165) is 10.7 Å². The van der Waals surface area contributed by atoms with Crippen LogP contribution in [0.4, 0.5) is 13.2 Å². The third-order valence-electron chi connectivity index (χ3n) is 4.45. The molecule has 1 aromatic heterocycles. The maximum Gasteiger partial charge on any atom is 0.573 e. The van der Waals surface area contributed by atoms with Gasteiger partial charge in [0.1, 0.15) is 10.8 Å². The minimum absolute atomic E-state index is 0. The van der Waals surface area contributed by atoms with Crippen LogP contribution in [0.5, 0.6) is 5.75 Å². The summed E-state index contributed by atoms with van der Waals surface area (Å²) in [5, 5.41) is 9.48. The Morgan fingerprint density at radius 3 is 2.69 bits per heavy atom. The first-order valence-electron chi connectivity index (χ1n) is 9.03. The minimum atomic E-state index is -4.70. The van der Waals surface area contributed by atoms with E-state index in [1.54, 1.807) is 30.5 Å². The summed E-state index contributed by atoms with van der Waals surface area (Å²) >= 11 is 1.59. The summed E-state index contributed by atoms with van der Waals surface area (Å²) in [6.45, 7) is 4.74. The van der Waals surface area contributed by atoms with Crippen LogP contribution < -0.4 is 15.4 Å². The van der Waals surface area contributed by atoms with Gasteiger partial charge in [-0.1, -0.05) is 32.0 Å². The molecule has 0 aliphatic heterocycles. The second-order valence-electron chi connectivity index (χ2n) is 6.93. The number of rotatable bonds is 6. The molecule has 2 aromatic rings. The number of nitrogens with one attached hydrogen (secondary N) is 2. The van der Waals surface area contributed by atoms with Crippen molar-refractivity contribution in [3.05, 3.63) is 45.9 Å². The fourth-order valence-corrected chi connectivity index (χ4v) is 3.80. The van der Waals surface area contributed by atoms with Crippen LogP contribution in [0.2, 0.25) is 0 Å². The molecule has 1 fully saturated rings. The molecule has 160 valence electrons. The smallest absolute Gasteiger partial charge is 0.405 e. The number of guanidine groups is 1. The number of halogens is 4. The number of benzene rings is 1. The average molecular weight is 540 g/mol. The zero-order chi connectivity index (χ0) is 20.3. The van der Waals surface area contributed by atoms with Crippen molar-refractivity contribution >= 4 is 41.3 Å². The molecule has 0 radical (unpaired) electrons. The second kappa shape index (κ2) is 9.96. The lowest BCUT2D eigenvalue weighted by atomic mass is 10.1. The molecule has 0 saturated heterocycles. The molecule has 3 rings (SSSR count). The number of para-hydroxylation sites is 1. The van der Waals surface area contributed by atoms with Crippen molar-refractivity contribution in [3.8, 4) is 5.75 Å². The Labute approximate surface area is 189 Å². The average Bonchev–Trinajstić information content (AvgIpc) is 3.21. The fourth-order valence-electron chi connectivity index (χ4n) is 2.90. The summed E-state index contributed by atoms with van der Waals surface area (Å²) in [5.41, 5.74) is 1.61. The highest BCUT2D eigenvalue weighted by Gasteiger charge is 2.42. The predicted octanol–water partition coefficient (Wildman–Crippen LogP) is 5.00. The van der Waals surface area contributed by atoms with Crippen LogP contribution in [-0.2, 0) is 6.54 Å². The fraction of sp³-hybridized carbons (Fsp3) is 0.474. The van der Waals surface area contributed by atoms with E-state index in [0.29, 0.717) is 30.4 Å². The number of ether oxygens (including phenoxy) is 1. The molecule has 1 saturated carbocycles. The third-order valence-corrected chi connectivity index (χ3v) is 5.32. The van der Waals surface area contributed by atoms with E-state index < -0.39 is 6.36 Å². The van der Waals surface area contributed by atoms with Crippen molar-refractivity contribution < 1.29 is 17.9 Å². The topological polar surface area (TPSA) is 58.5 Å².